The Morgan fingerprint density at radius 1 is 0.441 bits per heavy atom. The fourth-order valence-corrected chi connectivity index (χ4v) is 4.33. The van der Waals surface area contributed by atoms with Gasteiger partial charge in [0.1, 0.15) is 0 Å². The lowest BCUT2D eigenvalue weighted by Gasteiger charge is -2.04. The largest absolute Gasteiger partial charge is 0.393 e. The van der Waals surface area contributed by atoms with Crippen LogP contribution in [0.1, 0.15) is 174 Å². The number of esters is 2. The molecule has 0 spiro atoms. The third-order valence-corrected chi connectivity index (χ3v) is 6.60. The van der Waals surface area contributed by atoms with E-state index in [2.05, 4.69) is 26.0 Å². The first kappa shape index (κ1) is 32.9. The molecule has 0 rings (SSSR count). The summed E-state index contributed by atoms with van der Waals surface area (Å²) in [4.78, 5) is 23.6. The van der Waals surface area contributed by atoms with Crippen LogP contribution in [-0.4, -0.2) is 11.9 Å². The monoisotopic (exact) mass is 478 g/mol. The van der Waals surface area contributed by atoms with Gasteiger partial charge >= 0.3 is 11.9 Å². The fraction of sp³-hybridized carbons (Fsp3) is 0.871. The highest BCUT2D eigenvalue weighted by Crippen LogP contribution is 2.12. The van der Waals surface area contributed by atoms with Crippen molar-refractivity contribution in [3.8, 4) is 0 Å². The van der Waals surface area contributed by atoms with E-state index in [1.807, 2.05) is 0 Å². The van der Waals surface area contributed by atoms with Crippen LogP contribution in [0, 0.1) is 0 Å². The molecule has 0 saturated carbocycles. The number of hydrogen-bond donors (Lipinski definition) is 0. The van der Waals surface area contributed by atoms with E-state index in [4.69, 9.17) is 4.74 Å². The molecule has 0 atom stereocenters. The van der Waals surface area contributed by atoms with Gasteiger partial charge in [-0.1, -0.05) is 135 Å². The molecule has 3 heteroatoms. The summed E-state index contributed by atoms with van der Waals surface area (Å²) in [5, 5.41) is 0. The van der Waals surface area contributed by atoms with E-state index in [-0.39, 0.29) is 11.9 Å². The Kier molecular flexibility index (Phi) is 27.2. The Balaban J connectivity index is 3.34. The van der Waals surface area contributed by atoms with Crippen molar-refractivity contribution in [1.29, 1.82) is 0 Å². The first-order chi connectivity index (χ1) is 16.7. The lowest BCUT2D eigenvalue weighted by molar-refractivity contribution is -0.159. The second-order valence-electron chi connectivity index (χ2n) is 10.1. The van der Waals surface area contributed by atoms with Gasteiger partial charge in [0, 0.05) is 12.8 Å². The Labute approximate surface area is 212 Å². The van der Waals surface area contributed by atoms with Crippen LogP contribution in [0.3, 0.4) is 0 Å². The van der Waals surface area contributed by atoms with Gasteiger partial charge in [-0.25, -0.2) is 0 Å². The molecule has 0 N–H and O–H groups in total. The van der Waals surface area contributed by atoms with E-state index in [9.17, 15) is 9.59 Å². The molecule has 34 heavy (non-hydrogen) atoms. The molecule has 0 unspecified atom stereocenters. The Hall–Kier alpha value is -1.12. The number of carbonyl (C=O) groups excluding carboxylic acids is 2. The first-order valence-corrected chi connectivity index (χ1v) is 15.1. The second-order valence-corrected chi connectivity index (χ2v) is 10.1. The smallest absolute Gasteiger partial charge is 0.313 e. The highest BCUT2D eigenvalue weighted by atomic mass is 16.6. The Morgan fingerprint density at radius 3 is 1.09 bits per heavy atom. The van der Waals surface area contributed by atoms with Crippen LogP contribution < -0.4 is 0 Å². The molecule has 0 bridgehead atoms. The zero-order valence-corrected chi connectivity index (χ0v) is 23.1. The lowest BCUT2D eigenvalue weighted by Crippen LogP contribution is -2.11. The molecule has 0 radical (unpaired) electrons. The van der Waals surface area contributed by atoms with Crippen LogP contribution in [0.2, 0.25) is 0 Å². The predicted octanol–water partition coefficient (Wildman–Crippen LogP) is 10.4. The second kappa shape index (κ2) is 28.1. The van der Waals surface area contributed by atoms with Crippen molar-refractivity contribution in [2.45, 2.75) is 174 Å². The minimum atomic E-state index is -0.339. The van der Waals surface area contributed by atoms with Crippen molar-refractivity contribution in [1.82, 2.24) is 0 Å². The van der Waals surface area contributed by atoms with Gasteiger partial charge in [-0.15, -0.1) is 0 Å². The van der Waals surface area contributed by atoms with Gasteiger partial charge in [0.25, 0.3) is 0 Å². The molecule has 0 aliphatic heterocycles. The molecule has 0 amide bonds. The zero-order chi connectivity index (χ0) is 25.0. The molecule has 0 aromatic heterocycles. The van der Waals surface area contributed by atoms with Crippen molar-refractivity contribution >= 4 is 11.9 Å². The first-order valence-electron chi connectivity index (χ1n) is 15.1. The third-order valence-electron chi connectivity index (χ3n) is 6.60. The van der Waals surface area contributed by atoms with E-state index >= 15 is 0 Å². The summed E-state index contributed by atoms with van der Waals surface area (Å²) in [6.07, 6.45) is 33.9. The summed E-state index contributed by atoms with van der Waals surface area (Å²) in [5.74, 6) is -0.676. The van der Waals surface area contributed by atoms with Crippen LogP contribution in [-0.2, 0) is 14.3 Å². The average Bonchev–Trinajstić information content (AvgIpc) is 2.82. The van der Waals surface area contributed by atoms with Gasteiger partial charge in [-0.05, 0) is 38.5 Å². The van der Waals surface area contributed by atoms with Crippen molar-refractivity contribution in [2.75, 3.05) is 0 Å². The number of allylic oxidation sites excluding steroid dienone is 2. The molecule has 0 saturated heterocycles. The molecule has 0 aliphatic carbocycles. The zero-order valence-electron chi connectivity index (χ0n) is 23.1. The average molecular weight is 479 g/mol. The number of carbonyl (C=O) groups is 2. The van der Waals surface area contributed by atoms with E-state index in [0.717, 1.165) is 32.1 Å². The molecule has 0 fully saturated rings. The fourth-order valence-electron chi connectivity index (χ4n) is 4.33. The van der Waals surface area contributed by atoms with Gasteiger partial charge in [-0.3, -0.25) is 9.59 Å². The molecule has 0 heterocycles. The van der Waals surface area contributed by atoms with Gasteiger partial charge in [0.05, 0.1) is 0 Å². The van der Waals surface area contributed by atoms with Crippen molar-refractivity contribution in [3.05, 3.63) is 12.2 Å². The summed E-state index contributed by atoms with van der Waals surface area (Å²) in [6, 6.07) is 0. The molecule has 3 nitrogen and oxygen atoms in total. The summed E-state index contributed by atoms with van der Waals surface area (Å²) in [5.41, 5.74) is 0. The molecule has 0 aliphatic rings. The van der Waals surface area contributed by atoms with Crippen LogP contribution in [0.5, 0.6) is 0 Å². The standard InChI is InChI=1S/C31H58O3/c1-3-5-7-9-11-13-14-15-16-17-18-19-21-23-25-27-29-31(33)34-30(32)28-26-24-22-20-12-10-8-6-4-2/h16-17H,3-15,18-29H2,1-2H3. The van der Waals surface area contributed by atoms with E-state index < -0.39 is 0 Å². The predicted molar refractivity (Wildman–Crippen MR) is 147 cm³/mol. The summed E-state index contributed by atoms with van der Waals surface area (Å²) in [7, 11) is 0. The van der Waals surface area contributed by atoms with Crippen LogP contribution in [0.4, 0.5) is 0 Å². The van der Waals surface area contributed by atoms with Crippen LogP contribution in [0.15, 0.2) is 12.2 Å². The highest BCUT2D eigenvalue weighted by Gasteiger charge is 2.09. The molecule has 200 valence electrons. The van der Waals surface area contributed by atoms with E-state index in [1.54, 1.807) is 0 Å². The Bertz CT molecular complexity index is 469. The molecule has 0 aromatic rings. The van der Waals surface area contributed by atoms with Crippen molar-refractivity contribution in [3.63, 3.8) is 0 Å². The highest BCUT2D eigenvalue weighted by molar-refractivity contribution is 5.85. The van der Waals surface area contributed by atoms with Gasteiger partial charge < -0.3 is 4.74 Å². The minimum absolute atomic E-state index is 0.337. The van der Waals surface area contributed by atoms with E-state index in [1.165, 1.54) is 116 Å². The normalized spacial score (nSPS) is 11.4. The number of hydrogen-bond acceptors (Lipinski definition) is 3. The SMILES string of the molecule is CCCCCCCCCC=CCCCCCCCC(=O)OC(=O)CCCCCCCCCCC. The molecule has 0 aromatic carbocycles. The van der Waals surface area contributed by atoms with Crippen LogP contribution >= 0.6 is 0 Å². The van der Waals surface area contributed by atoms with Crippen molar-refractivity contribution < 1.29 is 14.3 Å². The maximum Gasteiger partial charge on any atom is 0.313 e. The summed E-state index contributed by atoms with van der Waals surface area (Å²) in [6.45, 7) is 4.51. The summed E-state index contributed by atoms with van der Waals surface area (Å²) < 4.78 is 4.96. The van der Waals surface area contributed by atoms with Crippen LogP contribution in [0.25, 0.3) is 0 Å². The van der Waals surface area contributed by atoms with Gasteiger partial charge in [0.2, 0.25) is 0 Å². The quantitative estimate of drug-likeness (QED) is 0.0537. The number of unbranched alkanes of at least 4 members (excludes halogenated alkanes) is 20. The molecular weight excluding hydrogens is 420 g/mol. The molecular formula is C31H58O3. The lowest BCUT2D eigenvalue weighted by atomic mass is 10.1. The number of rotatable bonds is 26. The van der Waals surface area contributed by atoms with Gasteiger partial charge in [0.15, 0.2) is 0 Å². The van der Waals surface area contributed by atoms with Gasteiger partial charge in [-0.2, -0.15) is 0 Å². The summed E-state index contributed by atoms with van der Waals surface area (Å²) >= 11 is 0. The van der Waals surface area contributed by atoms with Crippen molar-refractivity contribution in [2.24, 2.45) is 0 Å². The Morgan fingerprint density at radius 2 is 0.735 bits per heavy atom. The number of ether oxygens (including phenoxy) is 1. The topological polar surface area (TPSA) is 43.4 Å². The maximum absolute atomic E-state index is 11.8. The third kappa shape index (κ3) is 27.1. The minimum Gasteiger partial charge on any atom is -0.393 e. The maximum atomic E-state index is 11.8. The van der Waals surface area contributed by atoms with E-state index in [0.29, 0.717) is 12.8 Å².